The Bertz CT molecular complexity index is 436. The van der Waals surface area contributed by atoms with Gasteiger partial charge in [-0.2, -0.15) is 0 Å². The van der Waals surface area contributed by atoms with E-state index in [2.05, 4.69) is 34.4 Å². The van der Waals surface area contributed by atoms with Crippen LogP contribution in [0.4, 0.5) is 11.6 Å². The predicted molar refractivity (Wildman–Crippen MR) is 83.5 cm³/mol. The molecule has 1 fully saturated rings. The molecule has 6 nitrogen and oxygen atoms in total. The molecule has 0 saturated carbocycles. The molecule has 0 aliphatic carbocycles. The van der Waals surface area contributed by atoms with Crippen LogP contribution in [-0.4, -0.2) is 42.4 Å². The van der Waals surface area contributed by atoms with Crippen molar-refractivity contribution in [3.05, 3.63) is 11.9 Å². The summed E-state index contributed by atoms with van der Waals surface area (Å²) in [5.74, 6) is 2.92. The largest absolute Gasteiger partial charge is 0.381 e. The number of nitrogens with zero attached hydrogens (tertiary/aromatic N) is 2. The zero-order valence-electron chi connectivity index (χ0n) is 13.2. The highest BCUT2D eigenvalue weighted by Crippen LogP contribution is 2.20. The van der Waals surface area contributed by atoms with Crippen molar-refractivity contribution in [1.82, 2.24) is 9.97 Å². The summed E-state index contributed by atoms with van der Waals surface area (Å²) in [6.07, 6.45) is 1.10. The second kappa shape index (κ2) is 8.14. The van der Waals surface area contributed by atoms with Gasteiger partial charge in [-0.1, -0.05) is 0 Å². The average molecular weight is 294 g/mol. The van der Waals surface area contributed by atoms with E-state index in [0.717, 1.165) is 37.8 Å². The summed E-state index contributed by atoms with van der Waals surface area (Å²) >= 11 is 0. The molecule has 0 spiro atoms. The molecule has 118 valence electrons. The molecule has 1 saturated heterocycles. The highest BCUT2D eigenvalue weighted by Gasteiger charge is 2.22. The minimum Gasteiger partial charge on any atom is -0.381 e. The van der Waals surface area contributed by atoms with Gasteiger partial charge in [0, 0.05) is 37.8 Å². The maximum Gasteiger partial charge on any atom is 0.158 e. The maximum atomic E-state index is 5.45. The van der Waals surface area contributed by atoms with E-state index >= 15 is 0 Å². The molecule has 1 aliphatic heterocycles. The molecule has 0 radical (unpaired) electrons. The lowest BCUT2D eigenvalue weighted by molar-refractivity contribution is 0.128. The van der Waals surface area contributed by atoms with Gasteiger partial charge < -0.3 is 20.1 Å². The molecule has 2 heterocycles. The lowest BCUT2D eigenvalue weighted by Crippen LogP contribution is -2.27. The van der Waals surface area contributed by atoms with Gasteiger partial charge in [0.05, 0.1) is 6.61 Å². The fraction of sp³-hybridized carbons (Fsp3) is 0.733. The minimum absolute atomic E-state index is 0.330. The quantitative estimate of drug-likeness (QED) is 0.766. The number of aromatic nitrogens is 2. The van der Waals surface area contributed by atoms with E-state index in [1.165, 1.54) is 0 Å². The lowest BCUT2D eigenvalue weighted by atomic mass is 10.0. The van der Waals surface area contributed by atoms with E-state index in [-0.39, 0.29) is 0 Å². The van der Waals surface area contributed by atoms with Crippen LogP contribution in [0, 0.1) is 5.92 Å². The predicted octanol–water partition coefficient (Wildman–Crippen LogP) is 2.28. The van der Waals surface area contributed by atoms with Gasteiger partial charge in [0.1, 0.15) is 18.2 Å². The fourth-order valence-corrected chi connectivity index (χ4v) is 2.40. The Morgan fingerprint density at radius 3 is 2.86 bits per heavy atom. The fourth-order valence-electron chi connectivity index (χ4n) is 2.40. The molecule has 2 atom stereocenters. The number of ether oxygens (including phenoxy) is 2. The van der Waals surface area contributed by atoms with Crippen LogP contribution < -0.4 is 10.6 Å². The molecule has 2 N–H and O–H groups in total. The normalized spacial score (nSPS) is 19.5. The van der Waals surface area contributed by atoms with E-state index in [4.69, 9.17) is 9.47 Å². The Kier molecular flexibility index (Phi) is 6.20. The molecule has 0 aromatic carbocycles. The molecule has 0 bridgehead atoms. The van der Waals surface area contributed by atoms with Crippen LogP contribution in [0.15, 0.2) is 6.07 Å². The van der Waals surface area contributed by atoms with Crippen molar-refractivity contribution < 1.29 is 9.47 Å². The maximum absolute atomic E-state index is 5.45. The topological polar surface area (TPSA) is 68.3 Å². The van der Waals surface area contributed by atoms with Crippen molar-refractivity contribution in [2.75, 3.05) is 37.0 Å². The first kappa shape index (κ1) is 16.0. The Labute approximate surface area is 126 Å². The van der Waals surface area contributed by atoms with Gasteiger partial charge in [0.2, 0.25) is 0 Å². The van der Waals surface area contributed by atoms with Gasteiger partial charge in [0.25, 0.3) is 0 Å². The first-order valence-electron chi connectivity index (χ1n) is 7.76. The van der Waals surface area contributed by atoms with Crippen LogP contribution in [-0.2, 0) is 16.1 Å². The number of hydrogen-bond acceptors (Lipinski definition) is 6. The molecule has 6 heteroatoms. The summed E-state index contributed by atoms with van der Waals surface area (Å²) in [6.45, 7) is 9.81. The summed E-state index contributed by atoms with van der Waals surface area (Å²) in [5, 5.41) is 6.71. The summed E-state index contributed by atoms with van der Waals surface area (Å²) in [4.78, 5) is 8.99. The average Bonchev–Trinajstić information content (AvgIpc) is 2.99. The van der Waals surface area contributed by atoms with Crippen LogP contribution in [0.25, 0.3) is 0 Å². The third-order valence-electron chi connectivity index (χ3n) is 3.61. The van der Waals surface area contributed by atoms with Crippen molar-refractivity contribution in [3.8, 4) is 0 Å². The standard InChI is InChI=1S/C15H26N4O2/c1-4-16-13-8-14(19-15(18-13)10-20-5-2)17-11(3)12-6-7-21-9-12/h8,11-12H,4-7,9-10H2,1-3H3,(H2,16,17,18,19). The minimum atomic E-state index is 0.330. The van der Waals surface area contributed by atoms with Crippen LogP contribution >= 0.6 is 0 Å². The van der Waals surface area contributed by atoms with Crippen LogP contribution in [0.5, 0.6) is 0 Å². The smallest absolute Gasteiger partial charge is 0.158 e. The Balaban J connectivity index is 2.06. The molecular formula is C15H26N4O2. The Hall–Kier alpha value is -1.40. The van der Waals surface area contributed by atoms with E-state index < -0.39 is 0 Å². The van der Waals surface area contributed by atoms with E-state index in [1.807, 2.05) is 13.0 Å². The third kappa shape index (κ3) is 4.82. The highest BCUT2D eigenvalue weighted by atomic mass is 16.5. The molecule has 2 unspecified atom stereocenters. The summed E-state index contributed by atoms with van der Waals surface area (Å²) in [6, 6.07) is 2.28. The molecular weight excluding hydrogens is 268 g/mol. The first-order chi connectivity index (χ1) is 10.2. The van der Waals surface area contributed by atoms with Crippen molar-refractivity contribution in [2.45, 2.75) is 39.8 Å². The van der Waals surface area contributed by atoms with Crippen LogP contribution in [0.2, 0.25) is 0 Å². The van der Waals surface area contributed by atoms with Gasteiger partial charge in [-0.3, -0.25) is 0 Å². The summed E-state index contributed by atoms with van der Waals surface area (Å²) in [7, 11) is 0. The Morgan fingerprint density at radius 2 is 2.19 bits per heavy atom. The van der Waals surface area contributed by atoms with Gasteiger partial charge in [-0.05, 0) is 27.2 Å². The van der Waals surface area contributed by atoms with Gasteiger partial charge in [0.15, 0.2) is 5.82 Å². The molecule has 21 heavy (non-hydrogen) atoms. The molecule has 1 aromatic rings. The van der Waals surface area contributed by atoms with E-state index in [9.17, 15) is 0 Å². The zero-order chi connectivity index (χ0) is 15.1. The van der Waals surface area contributed by atoms with E-state index in [0.29, 0.717) is 31.0 Å². The first-order valence-corrected chi connectivity index (χ1v) is 7.76. The van der Waals surface area contributed by atoms with E-state index in [1.54, 1.807) is 0 Å². The highest BCUT2D eigenvalue weighted by molar-refractivity contribution is 5.48. The molecule has 0 amide bonds. The van der Waals surface area contributed by atoms with Gasteiger partial charge in [-0.25, -0.2) is 9.97 Å². The van der Waals surface area contributed by atoms with Crippen molar-refractivity contribution >= 4 is 11.6 Å². The van der Waals surface area contributed by atoms with Crippen molar-refractivity contribution in [1.29, 1.82) is 0 Å². The summed E-state index contributed by atoms with van der Waals surface area (Å²) in [5.41, 5.74) is 0. The van der Waals surface area contributed by atoms with Gasteiger partial charge >= 0.3 is 0 Å². The third-order valence-corrected chi connectivity index (χ3v) is 3.61. The van der Waals surface area contributed by atoms with Crippen molar-refractivity contribution in [3.63, 3.8) is 0 Å². The second-order valence-electron chi connectivity index (χ2n) is 5.28. The number of nitrogens with one attached hydrogen (secondary N) is 2. The summed E-state index contributed by atoms with van der Waals surface area (Å²) < 4.78 is 10.9. The molecule has 1 aliphatic rings. The Morgan fingerprint density at radius 1 is 1.38 bits per heavy atom. The number of rotatable bonds is 8. The SMILES string of the molecule is CCNc1cc(NC(C)C2CCOC2)nc(COCC)n1. The number of anilines is 2. The number of hydrogen-bond donors (Lipinski definition) is 2. The van der Waals surface area contributed by atoms with Crippen LogP contribution in [0.3, 0.4) is 0 Å². The van der Waals surface area contributed by atoms with Crippen LogP contribution in [0.1, 0.15) is 33.0 Å². The molecule has 1 aromatic heterocycles. The lowest BCUT2D eigenvalue weighted by Gasteiger charge is -2.20. The van der Waals surface area contributed by atoms with Gasteiger partial charge in [-0.15, -0.1) is 0 Å². The molecule has 2 rings (SSSR count). The zero-order valence-corrected chi connectivity index (χ0v) is 13.2. The monoisotopic (exact) mass is 294 g/mol. The second-order valence-corrected chi connectivity index (χ2v) is 5.28. The van der Waals surface area contributed by atoms with Crippen molar-refractivity contribution in [2.24, 2.45) is 5.92 Å².